The molecule has 29 heavy (non-hydrogen) atoms. The third-order valence-corrected chi connectivity index (χ3v) is 7.05. The molecule has 1 aliphatic heterocycles. The highest BCUT2D eigenvalue weighted by Gasteiger charge is 2.60. The molecule has 0 saturated heterocycles. The maximum Gasteiger partial charge on any atom is 0.363 e. The minimum Gasteiger partial charge on any atom is -0.482 e. The summed E-state index contributed by atoms with van der Waals surface area (Å²) in [6, 6.07) is 6.83. The molecule has 2 unspecified atom stereocenters. The van der Waals surface area contributed by atoms with Crippen molar-refractivity contribution in [3.05, 3.63) is 35.5 Å². The lowest BCUT2D eigenvalue weighted by Crippen LogP contribution is -2.56. The molecule has 4 bridgehead atoms. The predicted molar refractivity (Wildman–Crippen MR) is 107 cm³/mol. The highest BCUT2D eigenvalue weighted by atomic mass is 35.5. The molecule has 6 rings (SSSR count). The lowest BCUT2D eigenvalue weighted by atomic mass is 9.49. The third kappa shape index (κ3) is 3.44. The number of hydrogen-bond donors (Lipinski definition) is 1. The maximum absolute atomic E-state index is 12.5. The van der Waals surface area contributed by atoms with E-state index in [4.69, 9.17) is 26.2 Å². The average molecular weight is 416 g/mol. The number of halogens is 1. The van der Waals surface area contributed by atoms with Gasteiger partial charge >= 0.3 is 11.9 Å². The zero-order valence-corrected chi connectivity index (χ0v) is 16.7. The normalized spacial score (nSPS) is 36.2. The molecule has 0 spiro atoms. The SMILES string of the molecule is O=C(O)COc1ccc(/C=C2\N=C(C34CC5CC(CC(Cl)(C5)C3)C4)OC2=O)cc1. The Bertz CT molecular complexity index is 921. The number of hydrogen-bond acceptors (Lipinski definition) is 5. The maximum atomic E-state index is 12.5. The molecule has 1 aromatic rings. The van der Waals surface area contributed by atoms with Crippen molar-refractivity contribution in [2.24, 2.45) is 22.2 Å². The van der Waals surface area contributed by atoms with E-state index in [2.05, 4.69) is 4.99 Å². The van der Waals surface area contributed by atoms with Gasteiger partial charge in [-0.2, -0.15) is 0 Å². The quantitative estimate of drug-likeness (QED) is 0.446. The van der Waals surface area contributed by atoms with E-state index < -0.39 is 18.5 Å². The first-order chi connectivity index (χ1) is 13.8. The summed E-state index contributed by atoms with van der Waals surface area (Å²) in [5, 5.41) is 8.67. The van der Waals surface area contributed by atoms with Crippen molar-refractivity contribution in [1.29, 1.82) is 0 Å². The van der Waals surface area contributed by atoms with Gasteiger partial charge in [-0.15, -0.1) is 11.6 Å². The zero-order valence-electron chi connectivity index (χ0n) is 15.9. The number of esters is 1. The van der Waals surface area contributed by atoms with E-state index in [0.29, 0.717) is 29.2 Å². The molecule has 152 valence electrons. The molecule has 7 heteroatoms. The average Bonchev–Trinajstić information content (AvgIpc) is 3.00. The number of benzene rings is 1. The molecule has 1 heterocycles. The number of alkyl halides is 1. The molecule has 5 aliphatic rings. The summed E-state index contributed by atoms with van der Waals surface area (Å²) >= 11 is 6.90. The van der Waals surface area contributed by atoms with Crippen molar-refractivity contribution in [2.75, 3.05) is 6.61 Å². The molecule has 0 radical (unpaired) electrons. The summed E-state index contributed by atoms with van der Waals surface area (Å²) in [5.41, 5.74) is 0.855. The van der Waals surface area contributed by atoms with Crippen molar-refractivity contribution >= 4 is 35.5 Å². The first-order valence-electron chi connectivity index (χ1n) is 9.99. The number of nitrogens with zero attached hydrogens (tertiary/aromatic N) is 1. The standard InChI is InChI=1S/C22H22ClNO5/c23-22-9-14-5-15(10-22)8-21(7-14,12-22)20-24-17(19(27)29-20)6-13-1-3-16(4-2-13)28-11-18(25)26/h1-4,6,14-15H,5,7-12H2,(H,25,26)/b17-6-. The Hall–Kier alpha value is -2.34. The second-order valence-electron chi connectivity index (χ2n) is 8.98. The smallest absolute Gasteiger partial charge is 0.363 e. The number of ether oxygens (including phenoxy) is 2. The van der Waals surface area contributed by atoms with Gasteiger partial charge in [0.1, 0.15) is 5.75 Å². The van der Waals surface area contributed by atoms with Crippen LogP contribution in [0.25, 0.3) is 6.08 Å². The van der Waals surface area contributed by atoms with Crippen LogP contribution < -0.4 is 4.74 Å². The minimum atomic E-state index is -1.03. The monoisotopic (exact) mass is 415 g/mol. The van der Waals surface area contributed by atoms with Crippen LogP contribution in [-0.4, -0.2) is 34.4 Å². The number of carboxylic acids is 1. The number of aliphatic carboxylic acids is 1. The third-order valence-electron chi connectivity index (χ3n) is 6.61. The predicted octanol–water partition coefficient (Wildman–Crippen LogP) is 4.02. The largest absolute Gasteiger partial charge is 0.482 e. The number of carbonyl (C=O) groups is 2. The van der Waals surface area contributed by atoms with E-state index in [-0.39, 0.29) is 10.3 Å². The first-order valence-corrected chi connectivity index (χ1v) is 10.4. The van der Waals surface area contributed by atoms with Gasteiger partial charge < -0.3 is 14.6 Å². The van der Waals surface area contributed by atoms with Crippen LogP contribution in [0.15, 0.2) is 35.0 Å². The molecule has 4 saturated carbocycles. The van der Waals surface area contributed by atoms with E-state index in [1.807, 2.05) is 0 Å². The Morgan fingerprint density at radius 3 is 2.55 bits per heavy atom. The van der Waals surface area contributed by atoms with Crippen molar-refractivity contribution < 1.29 is 24.2 Å². The van der Waals surface area contributed by atoms with Gasteiger partial charge in [-0.05, 0) is 74.1 Å². The molecule has 0 amide bonds. The highest BCUT2D eigenvalue weighted by molar-refractivity contribution is 6.24. The molecule has 4 fully saturated rings. The van der Waals surface area contributed by atoms with Crippen LogP contribution >= 0.6 is 11.6 Å². The lowest BCUT2D eigenvalue weighted by molar-refractivity contribution is -0.139. The number of carboxylic acid groups (broad SMARTS) is 1. The Labute approximate surface area is 173 Å². The van der Waals surface area contributed by atoms with E-state index in [1.54, 1.807) is 30.3 Å². The summed E-state index contributed by atoms with van der Waals surface area (Å²) in [7, 11) is 0. The van der Waals surface area contributed by atoms with Crippen LogP contribution in [0.5, 0.6) is 5.75 Å². The topological polar surface area (TPSA) is 85.2 Å². The van der Waals surface area contributed by atoms with Gasteiger partial charge in [0.05, 0.1) is 0 Å². The zero-order chi connectivity index (χ0) is 20.2. The fraction of sp³-hybridized carbons (Fsp3) is 0.500. The van der Waals surface area contributed by atoms with Crippen LogP contribution in [0.1, 0.15) is 44.1 Å². The lowest BCUT2D eigenvalue weighted by Gasteiger charge is -2.59. The number of aliphatic imine (C=N–C) groups is 1. The van der Waals surface area contributed by atoms with Crippen molar-refractivity contribution in [2.45, 2.75) is 43.4 Å². The van der Waals surface area contributed by atoms with Gasteiger partial charge in [0.25, 0.3) is 0 Å². The van der Waals surface area contributed by atoms with Gasteiger partial charge in [0, 0.05) is 10.3 Å². The van der Waals surface area contributed by atoms with Crippen molar-refractivity contribution in [3.8, 4) is 5.75 Å². The number of carbonyl (C=O) groups excluding carboxylic acids is 1. The summed E-state index contributed by atoms with van der Waals surface area (Å²) in [5.74, 6) is 0.742. The number of rotatable bonds is 5. The molecular weight excluding hydrogens is 394 g/mol. The molecule has 4 aliphatic carbocycles. The summed E-state index contributed by atoms with van der Waals surface area (Å²) in [4.78, 5) is 27.5. The fourth-order valence-corrected chi connectivity index (χ4v) is 6.69. The van der Waals surface area contributed by atoms with Crippen LogP contribution in [0, 0.1) is 17.3 Å². The van der Waals surface area contributed by atoms with E-state index in [0.717, 1.165) is 37.7 Å². The second kappa shape index (κ2) is 6.59. The Morgan fingerprint density at radius 2 is 1.93 bits per heavy atom. The van der Waals surface area contributed by atoms with Gasteiger partial charge in [-0.25, -0.2) is 14.6 Å². The summed E-state index contributed by atoms with van der Waals surface area (Å²) in [6.45, 7) is -0.396. The van der Waals surface area contributed by atoms with Crippen LogP contribution in [0.3, 0.4) is 0 Å². The van der Waals surface area contributed by atoms with Crippen LogP contribution in [-0.2, 0) is 14.3 Å². The Kier molecular flexibility index (Phi) is 4.24. The van der Waals surface area contributed by atoms with Gasteiger partial charge in [-0.3, -0.25) is 0 Å². The summed E-state index contributed by atoms with van der Waals surface area (Å²) in [6.07, 6.45) is 7.90. The molecule has 0 aromatic heterocycles. The van der Waals surface area contributed by atoms with Crippen molar-refractivity contribution in [1.82, 2.24) is 0 Å². The molecular formula is C22H22ClNO5. The van der Waals surface area contributed by atoms with Crippen LogP contribution in [0.2, 0.25) is 0 Å². The fourth-order valence-electron chi connectivity index (χ4n) is 6.00. The minimum absolute atomic E-state index is 0.169. The van der Waals surface area contributed by atoms with E-state index in [1.165, 1.54) is 6.42 Å². The Morgan fingerprint density at radius 1 is 1.24 bits per heavy atom. The van der Waals surface area contributed by atoms with Gasteiger partial charge in [0.2, 0.25) is 5.90 Å². The molecule has 6 nitrogen and oxygen atoms in total. The molecule has 1 aromatic carbocycles. The van der Waals surface area contributed by atoms with E-state index in [9.17, 15) is 9.59 Å². The first kappa shape index (κ1) is 18.7. The number of cyclic esters (lactones) is 1. The van der Waals surface area contributed by atoms with Crippen molar-refractivity contribution in [3.63, 3.8) is 0 Å². The highest BCUT2D eigenvalue weighted by Crippen LogP contribution is 2.64. The van der Waals surface area contributed by atoms with Gasteiger partial charge in [-0.1, -0.05) is 12.1 Å². The molecule has 2 atom stereocenters. The molecule has 1 N–H and O–H groups in total. The summed E-state index contributed by atoms with van der Waals surface area (Å²) < 4.78 is 10.8. The van der Waals surface area contributed by atoms with Crippen LogP contribution in [0.4, 0.5) is 0 Å². The second-order valence-corrected chi connectivity index (χ2v) is 9.78. The van der Waals surface area contributed by atoms with Gasteiger partial charge in [0.15, 0.2) is 12.3 Å². The van der Waals surface area contributed by atoms with E-state index >= 15 is 0 Å². The Balaban J connectivity index is 1.37.